The Bertz CT molecular complexity index is 1080. The molecule has 4 rings (SSSR count). The van der Waals surface area contributed by atoms with Crippen molar-refractivity contribution >= 4 is 18.4 Å². The van der Waals surface area contributed by atoms with Crippen LogP contribution in [-0.2, 0) is 6.54 Å². The SMILES string of the molecule is CCCn1cc(-c2ccccc2)nc1C(S)c1cn2c(C)cc(C)nc2n1. The van der Waals surface area contributed by atoms with Crippen molar-refractivity contribution in [2.75, 3.05) is 0 Å². The second-order valence-electron chi connectivity index (χ2n) is 6.82. The van der Waals surface area contributed by atoms with Crippen molar-refractivity contribution in [2.24, 2.45) is 0 Å². The molecule has 6 heteroatoms. The summed E-state index contributed by atoms with van der Waals surface area (Å²) in [6.07, 6.45) is 5.16. The summed E-state index contributed by atoms with van der Waals surface area (Å²) in [7, 11) is 0. The Labute approximate surface area is 164 Å². The van der Waals surface area contributed by atoms with Crippen molar-refractivity contribution in [1.82, 2.24) is 23.9 Å². The van der Waals surface area contributed by atoms with Crippen molar-refractivity contribution < 1.29 is 0 Å². The van der Waals surface area contributed by atoms with Crippen LogP contribution in [-0.4, -0.2) is 23.9 Å². The first-order valence-electron chi connectivity index (χ1n) is 9.20. The molecule has 0 aliphatic heterocycles. The largest absolute Gasteiger partial charge is 0.333 e. The molecule has 138 valence electrons. The van der Waals surface area contributed by atoms with E-state index in [1.807, 2.05) is 35.7 Å². The third kappa shape index (κ3) is 3.37. The van der Waals surface area contributed by atoms with Crippen LogP contribution >= 0.6 is 12.6 Å². The summed E-state index contributed by atoms with van der Waals surface area (Å²) in [4.78, 5) is 14.2. The Morgan fingerprint density at radius 1 is 1.04 bits per heavy atom. The third-order valence-corrected chi connectivity index (χ3v) is 5.14. The second-order valence-corrected chi connectivity index (χ2v) is 7.34. The summed E-state index contributed by atoms with van der Waals surface area (Å²) in [5, 5.41) is -0.213. The maximum atomic E-state index is 4.90. The van der Waals surface area contributed by atoms with Crippen LogP contribution in [0.25, 0.3) is 17.0 Å². The molecule has 0 spiro atoms. The molecule has 0 aliphatic carbocycles. The van der Waals surface area contributed by atoms with E-state index in [2.05, 4.69) is 47.8 Å². The number of hydrogen-bond donors (Lipinski definition) is 1. The molecule has 27 heavy (non-hydrogen) atoms. The molecule has 0 fully saturated rings. The van der Waals surface area contributed by atoms with Crippen LogP contribution in [0.4, 0.5) is 0 Å². The van der Waals surface area contributed by atoms with E-state index in [-0.39, 0.29) is 5.25 Å². The Balaban J connectivity index is 1.78. The summed E-state index contributed by atoms with van der Waals surface area (Å²) in [6.45, 7) is 7.11. The smallest absolute Gasteiger partial charge is 0.234 e. The van der Waals surface area contributed by atoms with Gasteiger partial charge in [-0.1, -0.05) is 37.3 Å². The zero-order chi connectivity index (χ0) is 19.0. The molecule has 0 aliphatic rings. The molecule has 0 saturated carbocycles. The minimum atomic E-state index is -0.213. The average Bonchev–Trinajstić information content (AvgIpc) is 3.27. The Kier molecular flexibility index (Phi) is 4.74. The van der Waals surface area contributed by atoms with Crippen LogP contribution in [0.1, 0.15) is 41.5 Å². The number of imidazole rings is 2. The summed E-state index contributed by atoms with van der Waals surface area (Å²) in [5.41, 5.74) is 5.01. The highest BCUT2D eigenvalue weighted by Gasteiger charge is 2.21. The van der Waals surface area contributed by atoms with Crippen LogP contribution in [0.3, 0.4) is 0 Å². The molecule has 0 N–H and O–H groups in total. The van der Waals surface area contributed by atoms with Gasteiger partial charge in [-0.25, -0.2) is 15.0 Å². The maximum Gasteiger partial charge on any atom is 0.234 e. The summed E-state index contributed by atoms with van der Waals surface area (Å²) in [6, 6.07) is 12.3. The molecule has 4 aromatic rings. The number of aryl methyl sites for hydroxylation is 3. The summed E-state index contributed by atoms with van der Waals surface area (Å²) in [5.74, 6) is 1.62. The first kappa shape index (κ1) is 17.8. The van der Waals surface area contributed by atoms with Gasteiger partial charge in [-0.15, -0.1) is 0 Å². The number of benzene rings is 1. The molecule has 0 radical (unpaired) electrons. The predicted molar refractivity (Wildman–Crippen MR) is 111 cm³/mol. The molecule has 0 amide bonds. The Morgan fingerprint density at radius 3 is 2.56 bits per heavy atom. The first-order chi connectivity index (χ1) is 13.1. The number of nitrogens with zero attached hydrogens (tertiary/aromatic N) is 5. The normalized spacial score (nSPS) is 12.6. The number of fused-ring (bicyclic) bond motifs is 1. The molecular weight excluding hydrogens is 354 g/mol. The molecule has 3 heterocycles. The highest BCUT2D eigenvalue weighted by molar-refractivity contribution is 7.80. The number of hydrogen-bond acceptors (Lipinski definition) is 4. The second kappa shape index (κ2) is 7.19. The minimum absolute atomic E-state index is 0.213. The van der Waals surface area contributed by atoms with Gasteiger partial charge in [-0.2, -0.15) is 12.6 Å². The average molecular weight is 378 g/mol. The summed E-state index contributed by atoms with van der Waals surface area (Å²) < 4.78 is 4.20. The molecule has 3 aromatic heterocycles. The quantitative estimate of drug-likeness (QED) is 0.516. The standard InChI is InChI=1S/C21H23N5S/c1-4-10-25-12-17(16-8-6-5-7-9-16)23-20(25)19(27)18-13-26-15(3)11-14(2)22-21(26)24-18/h5-9,11-13,19,27H,4,10H2,1-3H3. The van der Waals surface area contributed by atoms with Gasteiger partial charge in [-0.3, -0.25) is 4.40 Å². The van der Waals surface area contributed by atoms with E-state index in [0.717, 1.165) is 47.1 Å². The lowest BCUT2D eigenvalue weighted by molar-refractivity contribution is 0.643. The van der Waals surface area contributed by atoms with Gasteiger partial charge in [-0.05, 0) is 26.3 Å². The fourth-order valence-corrected chi connectivity index (χ4v) is 3.70. The zero-order valence-corrected chi connectivity index (χ0v) is 16.7. The number of thiol groups is 1. The van der Waals surface area contributed by atoms with Gasteiger partial charge in [0.2, 0.25) is 5.78 Å². The van der Waals surface area contributed by atoms with Gasteiger partial charge in [0.25, 0.3) is 0 Å². The van der Waals surface area contributed by atoms with Gasteiger partial charge >= 0.3 is 0 Å². The van der Waals surface area contributed by atoms with Crippen LogP contribution in [0.5, 0.6) is 0 Å². The van der Waals surface area contributed by atoms with Crippen molar-refractivity contribution in [3.8, 4) is 11.3 Å². The van der Waals surface area contributed by atoms with E-state index in [1.54, 1.807) is 0 Å². The van der Waals surface area contributed by atoms with Crippen molar-refractivity contribution in [3.05, 3.63) is 71.7 Å². The van der Waals surface area contributed by atoms with Crippen LogP contribution in [0, 0.1) is 13.8 Å². The number of rotatable bonds is 5. The van der Waals surface area contributed by atoms with E-state index < -0.39 is 0 Å². The van der Waals surface area contributed by atoms with Gasteiger partial charge in [0.05, 0.1) is 11.4 Å². The van der Waals surface area contributed by atoms with E-state index >= 15 is 0 Å². The molecule has 1 aromatic carbocycles. The fraction of sp³-hybridized carbons (Fsp3) is 0.286. The third-order valence-electron chi connectivity index (χ3n) is 4.65. The van der Waals surface area contributed by atoms with E-state index in [0.29, 0.717) is 5.78 Å². The maximum absolute atomic E-state index is 4.90. The van der Waals surface area contributed by atoms with Gasteiger partial charge < -0.3 is 4.57 Å². The highest BCUT2D eigenvalue weighted by atomic mass is 32.1. The van der Waals surface area contributed by atoms with Crippen LogP contribution < -0.4 is 0 Å². The summed E-state index contributed by atoms with van der Waals surface area (Å²) >= 11 is 4.88. The zero-order valence-electron chi connectivity index (χ0n) is 15.8. The lowest BCUT2D eigenvalue weighted by atomic mass is 10.2. The van der Waals surface area contributed by atoms with Crippen LogP contribution in [0.2, 0.25) is 0 Å². The van der Waals surface area contributed by atoms with Gasteiger partial charge in [0, 0.05) is 35.9 Å². The van der Waals surface area contributed by atoms with E-state index in [9.17, 15) is 0 Å². The first-order valence-corrected chi connectivity index (χ1v) is 9.72. The number of aromatic nitrogens is 5. The highest BCUT2D eigenvalue weighted by Crippen LogP contribution is 2.30. The van der Waals surface area contributed by atoms with E-state index in [4.69, 9.17) is 22.6 Å². The predicted octanol–water partition coefficient (Wildman–Crippen LogP) is 4.64. The monoisotopic (exact) mass is 377 g/mol. The van der Waals surface area contributed by atoms with Crippen LogP contribution in [0.15, 0.2) is 48.8 Å². The minimum Gasteiger partial charge on any atom is -0.333 e. The van der Waals surface area contributed by atoms with Crippen molar-refractivity contribution in [1.29, 1.82) is 0 Å². The van der Waals surface area contributed by atoms with Crippen molar-refractivity contribution in [2.45, 2.75) is 39.0 Å². The fourth-order valence-electron chi connectivity index (χ4n) is 3.37. The Hall–Kier alpha value is -2.60. The topological polar surface area (TPSA) is 48.0 Å². The lowest BCUT2D eigenvalue weighted by Gasteiger charge is -2.10. The molecule has 0 saturated heterocycles. The molecule has 1 atom stereocenters. The van der Waals surface area contributed by atoms with Crippen molar-refractivity contribution in [3.63, 3.8) is 0 Å². The van der Waals surface area contributed by atoms with E-state index in [1.165, 1.54) is 0 Å². The Morgan fingerprint density at radius 2 is 1.81 bits per heavy atom. The molecule has 0 bridgehead atoms. The molecule has 1 unspecified atom stereocenters. The molecule has 5 nitrogen and oxygen atoms in total. The molecular formula is C21H23N5S. The van der Waals surface area contributed by atoms with Gasteiger partial charge in [0.1, 0.15) is 11.1 Å². The van der Waals surface area contributed by atoms with Gasteiger partial charge in [0.15, 0.2) is 0 Å². The lowest BCUT2D eigenvalue weighted by Crippen LogP contribution is -2.06.